The van der Waals surface area contributed by atoms with Crippen LogP contribution in [-0.2, 0) is 6.54 Å². The van der Waals surface area contributed by atoms with Crippen LogP contribution < -0.4 is 5.32 Å². The van der Waals surface area contributed by atoms with E-state index >= 15 is 0 Å². The first-order chi connectivity index (χ1) is 15.2. The summed E-state index contributed by atoms with van der Waals surface area (Å²) >= 11 is 6.20. The van der Waals surface area contributed by atoms with E-state index in [1.165, 1.54) is 10.9 Å². The SMILES string of the molecule is CCn1c2ccccc2c2cc(NC(=O)c3ccc(-c4ncccc4Cl)cn3)ccc21. The van der Waals surface area contributed by atoms with E-state index in [0.29, 0.717) is 16.4 Å². The average Bonchev–Trinajstić information content (AvgIpc) is 3.12. The zero-order valence-electron chi connectivity index (χ0n) is 16.8. The number of aryl methyl sites for hydroxylation is 1. The van der Waals surface area contributed by atoms with Gasteiger partial charge in [-0.3, -0.25) is 14.8 Å². The molecule has 1 amide bonds. The quantitative estimate of drug-likeness (QED) is 0.373. The zero-order chi connectivity index (χ0) is 21.4. The van der Waals surface area contributed by atoms with Gasteiger partial charge in [0.15, 0.2) is 0 Å². The Morgan fingerprint density at radius 3 is 2.58 bits per heavy atom. The fourth-order valence-electron chi connectivity index (χ4n) is 3.93. The van der Waals surface area contributed by atoms with Crippen molar-refractivity contribution in [3.8, 4) is 11.3 Å². The monoisotopic (exact) mass is 426 g/mol. The summed E-state index contributed by atoms with van der Waals surface area (Å²) < 4.78 is 2.28. The normalized spacial score (nSPS) is 11.2. The number of halogens is 1. The maximum Gasteiger partial charge on any atom is 0.274 e. The fraction of sp³-hybridized carbons (Fsp3) is 0.0800. The maximum absolute atomic E-state index is 12.8. The van der Waals surface area contributed by atoms with Crippen LogP contribution in [0.3, 0.4) is 0 Å². The first-order valence-electron chi connectivity index (χ1n) is 10.0. The first-order valence-corrected chi connectivity index (χ1v) is 10.4. The van der Waals surface area contributed by atoms with Gasteiger partial charge in [0.2, 0.25) is 0 Å². The van der Waals surface area contributed by atoms with Crippen LogP contribution in [0.2, 0.25) is 5.02 Å². The number of pyridine rings is 2. The number of anilines is 1. The third-order valence-corrected chi connectivity index (χ3v) is 5.68. The molecule has 1 N–H and O–H groups in total. The van der Waals surface area contributed by atoms with Crippen LogP contribution in [0.15, 0.2) is 79.1 Å². The lowest BCUT2D eigenvalue weighted by molar-refractivity contribution is 0.102. The fourth-order valence-corrected chi connectivity index (χ4v) is 4.16. The maximum atomic E-state index is 12.8. The Hall–Kier alpha value is -3.70. The molecule has 0 aliphatic carbocycles. The van der Waals surface area contributed by atoms with Crippen molar-refractivity contribution < 1.29 is 4.79 Å². The molecule has 0 aliphatic heterocycles. The highest BCUT2D eigenvalue weighted by atomic mass is 35.5. The van der Waals surface area contributed by atoms with Crippen LogP contribution in [0.4, 0.5) is 5.69 Å². The van der Waals surface area contributed by atoms with Gasteiger partial charge in [0.25, 0.3) is 5.91 Å². The topological polar surface area (TPSA) is 59.8 Å². The van der Waals surface area contributed by atoms with Crippen LogP contribution in [0.25, 0.3) is 33.1 Å². The number of aromatic nitrogens is 3. The summed E-state index contributed by atoms with van der Waals surface area (Å²) in [4.78, 5) is 21.4. The summed E-state index contributed by atoms with van der Waals surface area (Å²) in [7, 11) is 0. The summed E-state index contributed by atoms with van der Waals surface area (Å²) in [5, 5.41) is 5.79. The minimum absolute atomic E-state index is 0.266. The van der Waals surface area contributed by atoms with E-state index in [0.717, 1.165) is 28.7 Å². The molecular formula is C25H19ClN4O. The molecule has 2 aromatic carbocycles. The molecule has 3 heterocycles. The van der Waals surface area contributed by atoms with Gasteiger partial charge < -0.3 is 9.88 Å². The number of carbonyl (C=O) groups is 1. The van der Waals surface area contributed by atoms with E-state index in [2.05, 4.69) is 38.9 Å². The van der Waals surface area contributed by atoms with E-state index in [4.69, 9.17) is 11.6 Å². The van der Waals surface area contributed by atoms with Crippen LogP contribution in [0, 0.1) is 0 Å². The van der Waals surface area contributed by atoms with Gasteiger partial charge >= 0.3 is 0 Å². The van der Waals surface area contributed by atoms with E-state index < -0.39 is 0 Å². The summed E-state index contributed by atoms with van der Waals surface area (Å²) in [5.41, 5.74) is 4.80. The molecule has 0 atom stereocenters. The van der Waals surface area contributed by atoms with Gasteiger partial charge in [0.05, 0.1) is 10.7 Å². The highest BCUT2D eigenvalue weighted by molar-refractivity contribution is 6.33. The number of carbonyl (C=O) groups excluding carboxylic acids is 1. The molecule has 0 unspecified atom stereocenters. The number of rotatable bonds is 4. The minimum Gasteiger partial charge on any atom is -0.341 e. The van der Waals surface area contributed by atoms with Gasteiger partial charge in [-0.25, -0.2) is 0 Å². The van der Waals surface area contributed by atoms with Crippen molar-refractivity contribution in [1.29, 1.82) is 0 Å². The van der Waals surface area contributed by atoms with Crippen molar-refractivity contribution in [3.63, 3.8) is 0 Å². The second-order valence-electron chi connectivity index (χ2n) is 7.21. The molecule has 3 aromatic heterocycles. The third kappa shape index (κ3) is 3.43. The summed E-state index contributed by atoms with van der Waals surface area (Å²) in [6.45, 7) is 3.02. The molecule has 0 saturated carbocycles. The van der Waals surface area contributed by atoms with Crippen LogP contribution >= 0.6 is 11.6 Å². The molecule has 31 heavy (non-hydrogen) atoms. The number of benzene rings is 2. The number of nitrogens with one attached hydrogen (secondary N) is 1. The van der Waals surface area contributed by atoms with Gasteiger partial charge in [-0.05, 0) is 55.5 Å². The largest absolute Gasteiger partial charge is 0.341 e. The van der Waals surface area contributed by atoms with E-state index in [9.17, 15) is 4.79 Å². The molecule has 5 rings (SSSR count). The Morgan fingerprint density at radius 2 is 1.81 bits per heavy atom. The first kappa shape index (κ1) is 19.3. The van der Waals surface area contributed by atoms with Gasteiger partial charge in [-0.2, -0.15) is 0 Å². The van der Waals surface area contributed by atoms with E-state index in [1.807, 2.05) is 30.3 Å². The predicted molar refractivity (Wildman–Crippen MR) is 126 cm³/mol. The zero-order valence-corrected chi connectivity index (χ0v) is 17.6. The molecule has 0 spiro atoms. The van der Waals surface area contributed by atoms with Crippen molar-refractivity contribution in [2.75, 3.05) is 5.32 Å². The Bertz CT molecular complexity index is 1420. The van der Waals surface area contributed by atoms with Gasteiger partial charge in [0, 0.05) is 52.0 Å². The molecule has 0 bridgehead atoms. The van der Waals surface area contributed by atoms with Crippen LogP contribution in [0.1, 0.15) is 17.4 Å². The lowest BCUT2D eigenvalue weighted by Crippen LogP contribution is -2.13. The molecule has 6 heteroatoms. The Morgan fingerprint density at radius 1 is 0.968 bits per heavy atom. The van der Waals surface area contributed by atoms with Gasteiger partial charge in [0.1, 0.15) is 5.69 Å². The Kier molecular flexibility index (Phi) is 4.88. The number of amides is 1. The second kappa shape index (κ2) is 7.85. The van der Waals surface area contributed by atoms with Crippen molar-refractivity contribution in [3.05, 3.63) is 89.8 Å². The molecule has 0 saturated heterocycles. The van der Waals surface area contributed by atoms with Gasteiger partial charge in [-0.15, -0.1) is 0 Å². The highest BCUT2D eigenvalue weighted by Crippen LogP contribution is 2.31. The van der Waals surface area contributed by atoms with E-state index in [-0.39, 0.29) is 5.91 Å². The number of para-hydroxylation sites is 1. The third-order valence-electron chi connectivity index (χ3n) is 5.37. The number of nitrogens with zero attached hydrogens (tertiary/aromatic N) is 3. The van der Waals surface area contributed by atoms with E-state index in [1.54, 1.807) is 36.7 Å². The number of fused-ring (bicyclic) bond motifs is 3. The van der Waals surface area contributed by atoms with Crippen molar-refractivity contribution in [2.24, 2.45) is 0 Å². The Labute approximate surface area is 184 Å². The summed E-state index contributed by atoms with van der Waals surface area (Å²) in [5.74, 6) is -0.266. The lowest BCUT2D eigenvalue weighted by atomic mass is 10.1. The molecule has 5 nitrogen and oxygen atoms in total. The highest BCUT2D eigenvalue weighted by Gasteiger charge is 2.13. The standard InChI is InChI=1S/C25H19ClN4O/c1-2-30-22-8-4-3-6-18(22)19-14-17(10-12-23(19)30)29-25(31)21-11-9-16(15-28-21)24-20(26)7-5-13-27-24/h3-15H,2H2,1H3,(H,29,31). The summed E-state index contributed by atoms with van der Waals surface area (Å²) in [6.07, 6.45) is 3.29. The minimum atomic E-state index is -0.266. The van der Waals surface area contributed by atoms with Crippen LogP contribution in [-0.4, -0.2) is 20.4 Å². The predicted octanol–water partition coefficient (Wildman–Crippen LogP) is 6.18. The lowest BCUT2D eigenvalue weighted by Gasteiger charge is -2.07. The second-order valence-corrected chi connectivity index (χ2v) is 7.62. The Balaban J connectivity index is 1.44. The molecule has 0 aliphatic rings. The number of hydrogen-bond donors (Lipinski definition) is 1. The number of hydrogen-bond acceptors (Lipinski definition) is 3. The molecule has 0 fully saturated rings. The molecule has 152 valence electrons. The molecule has 0 radical (unpaired) electrons. The van der Waals surface area contributed by atoms with Crippen LogP contribution in [0.5, 0.6) is 0 Å². The molecular weight excluding hydrogens is 408 g/mol. The molecule has 5 aromatic rings. The smallest absolute Gasteiger partial charge is 0.274 e. The van der Waals surface area contributed by atoms with Crippen molar-refractivity contribution in [1.82, 2.24) is 14.5 Å². The summed E-state index contributed by atoms with van der Waals surface area (Å²) in [6, 6.07) is 21.3. The van der Waals surface area contributed by atoms with Gasteiger partial charge in [-0.1, -0.05) is 29.8 Å². The average molecular weight is 427 g/mol. The van der Waals surface area contributed by atoms with Crippen molar-refractivity contribution >= 4 is 45.0 Å². The van der Waals surface area contributed by atoms with Crippen molar-refractivity contribution in [2.45, 2.75) is 13.5 Å².